The van der Waals surface area contributed by atoms with Crippen LogP contribution in [-0.4, -0.2) is 29.3 Å². The smallest absolute Gasteiger partial charge is 0.258 e. The predicted octanol–water partition coefficient (Wildman–Crippen LogP) is 3.43. The maximum absolute atomic E-state index is 5.51. The van der Waals surface area contributed by atoms with Gasteiger partial charge in [0.15, 0.2) is 17.3 Å². The van der Waals surface area contributed by atoms with Gasteiger partial charge in [-0.15, -0.1) is 0 Å². The number of rotatable bonds is 4. The molecule has 0 saturated carbocycles. The van der Waals surface area contributed by atoms with Crippen molar-refractivity contribution in [2.24, 2.45) is 0 Å². The fourth-order valence-corrected chi connectivity index (χ4v) is 2.42. The minimum atomic E-state index is 0.463. The van der Waals surface area contributed by atoms with Crippen molar-refractivity contribution in [3.63, 3.8) is 0 Å². The van der Waals surface area contributed by atoms with E-state index in [0.29, 0.717) is 23.2 Å². The highest BCUT2D eigenvalue weighted by molar-refractivity contribution is 5.74. The molecule has 0 amide bonds. The molecule has 0 aliphatic heterocycles. The van der Waals surface area contributed by atoms with E-state index in [1.54, 1.807) is 27.3 Å². The van der Waals surface area contributed by atoms with Gasteiger partial charge in [-0.2, -0.15) is 4.98 Å². The van der Waals surface area contributed by atoms with Crippen LogP contribution in [0.25, 0.3) is 22.7 Å². The Kier molecular flexibility index (Phi) is 3.97. The number of ether oxygens (including phenoxy) is 2. The van der Waals surface area contributed by atoms with Gasteiger partial charge in [0.05, 0.1) is 19.9 Å². The summed E-state index contributed by atoms with van der Waals surface area (Å²) < 4.78 is 16.1. The summed E-state index contributed by atoms with van der Waals surface area (Å²) in [5, 5.41) is 3.82. The third kappa shape index (κ3) is 2.88. The van der Waals surface area contributed by atoms with Crippen LogP contribution in [0.4, 0.5) is 0 Å². The number of hydrogen-bond donors (Lipinski definition) is 0. The summed E-state index contributed by atoms with van der Waals surface area (Å²) in [5.41, 5.74) is 3.45. The maximum atomic E-state index is 5.51. The lowest BCUT2D eigenvalue weighted by molar-refractivity contribution is 0.356. The molecule has 2 heterocycles. The van der Waals surface area contributed by atoms with Gasteiger partial charge in [0.2, 0.25) is 0 Å². The molecule has 118 valence electrons. The van der Waals surface area contributed by atoms with E-state index in [-0.39, 0.29) is 0 Å². The average molecular weight is 311 g/mol. The summed E-state index contributed by atoms with van der Waals surface area (Å²) in [5.74, 6) is 2.37. The van der Waals surface area contributed by atoms with Crippen LogP contribution >= 0.6 is 0 Å². The van der Waals surface area contributed by atoms with Crippen LogP contribution in [0.5, 0.6) is 11.5 Å². The minimum absolute atomic E-state index is 0.463. The summed E-state index contributed by atoms with van der Waals surface area (Å²) >= 11 is 0. The number of pyridine rings is 1. The number of aromatic nitrogens is 3. The van der Waals surface area contributed by atoms with Gasteiger partial charge in [-0.1, -0.05) is 5.16 Å². The van der Waals surface area contributed by atoms with Gasteiger partial charge in [0, 0.05) is 17.3 Å². The monoisotopic (exact) mass is 311 g/mol. The summed E-state index contributed by atoms with van der Waals surface area (Å²) in [6, 6.07) is 7.65. The van der Waals surface area contributed by atoms with Crippen LogP contribution in [0.15, 0.2) is 35.0 Å². The summed E-state index contributed by atoms with van der Waals surface area (Å²) in [7, 11) is 3.23. The van der Waals surface area contributed by atoms with Gasteiger partial charge in [0.25, 0.3) is 5.89 Å². The third-order valence-electron chi connectivity index (χ3n) is 3.43. The highest BCUT2D eigenvalue weighted by atomic mass is 16.5. The second kappa shape index (κ2) is 6.08. The molecule has 0 aliphatic rings. The number of methoxy groups -OCH3 is 2. The quantitative estimate of drug-likeness (QED) is 0.735. The molecule has 0 unspecified atom stereocenters. The Bertz CT molecular complexity index is 843. The molecule has 0 spiro atoms. The molecular formula is C17H17N3O3. The van der Waals surface area contributed by atoms with E-state index in [4.69, 9.17) is 14.0 Å². The first kappa shape index (κ1) is 15.0. The molecule has 0 atom stereocenters. The van der Waals surface area contributed by atoms with E-state index in [9.17, 15) is 0 Å². The van der Waals surface area contributed by atoms with E-state index in [1.165, 1.54) is 0 Å². The molecule has 0 aliphatic carbocycles. The molecule has 0 saturated heterocycles. The lowest BCUT2D eigenvalue weighted by Crippen LogP contribution is -1.96. The minimum Gasteiger partial charge on any atom is -0.493 e. The number of nitrogens with zero attached hydrogens (tertiary/aromatic N) is 3. The Balaban J connectivity index is 2.14. The van der Waals surface area contributed by atoms with E-state index < -0.39 is 0 Å². The normalized spacial score (nSPS) is 10.6. The van der Waals surface area contributed by atoms with E-state index in [0.717, 1.165) is 22.4 Å². The van der Waals surface area contributed by atoms with Crippen molar-refractivity contribution in [3.05, 3.63) is 41.9 Å². The van der Waals surface area contributed by atoms with Crippen molar-refractivity contribution in [1.82, 2.24) is 15.1 Å². The maximum Gasteiger partial charge on any atom is 0.258 e. The van der Waals surface area contributed by atoms with E-state index >= 15 is 0 Å². The van der Waals surface area contributed by atoms with Crippen LogP contribution in [0.1, 0.15) is 11.4 Å². The fourth-order valence-electron chi connectivity index (χ4n) is 2.42. The second-order valence-corrected chi connectivity index (χ2v) is 5.12. The van der Waals surface area contributed by atoms with Gasteiger partial charge in [-0.3, -0.25) is 4.98 Å². The first-order valence-corrected chi connectivity index (χ1v) is 7.12. The van der Waals surface area contributed by atoms with Crippen LogP contribution < -0.4 is 9.47 Å². The van der Waals surface area contributed by atoms with Gasteiger partial charge < -0.3 is 14.0 Å². The van der Waals surface area contributed by atoms with Crippen molar-refractivity contribution < 1.29 is 14.0 Å². The zero-order valence-corrected chi connectivity index (χ0v) is 13.5. The Hall–Kier alpha value is -2.89. The van der Waals surface area contributed by atoms with Crippen molar-refractivity contribution >= 4 is 0 Å². The third-order valence-corrected chi connectivity index (χ3v) is 3.43. The lowest BCUT2D eigenvalue weighted by atomic mass is 10.0. The summed E-state index contributed by atoms with van der Waals surface area (Å²) in [6.45, 7) is 3.78. The highest BCUT2D eigenvalue weighted by Gasteiger charge is 2.16. The Morgan fingerprint density at radius 3 is 2.52 bits per heavy atom. The van der Waals surface area contributed by atoms with E-state index in [1.807, 2.05) is 31.2 Å². The number of aryl methyl sites for hydroxylation is 2. The summed E-state index contributed by atoms with van der Waals surface area (Å²) in [6.07, 6.45) is 1.71. The lowest BCUT2D eigenvalue weighted by Gasteiger charge is -2.14. The standard InChI is InChI=1S/C17H17N3O3/c1-10-7-13(16(22-4)15(8-10)21-3)14-9-12(5-6-18-14)17-19-11(2)20-23-17/h5-9H,1-4H3. The number of benzene rings is 1. The Morgan fingerprint density at radius 2 is 1.87 bits per heavy atom. The summed E-state index contributed by atoms with van der Waals surface area (Å²) in [4.78, 5) is 8.69. The highest BCUT2D eigenvalue weighted by Crippen LogP contribution is 2.39. The fraction of sp³-hybridized carbons (Fsp3) is 0.235. The van der Waals surface area contributed by atoms with Crippen molar-refractivity contribution in [2.45, 2.75) is 13.8 Å². The Morgan fingerprint density at radius 1 is 1.04 bits per heavy atom. The van der Waals surface area contributed by atoms with Crippen molar-refractivity contribution in [2.75, 3.05) is 14.2 Å². The van der Waals surface area contributed by atoms with E-state index in [2.05, 4.69) is 15.1 Å². The van der Waals surface area contributed by atoms with Crippen molar-refractivity contribution in [3.8, 4) is 34.2 Å². The molecule has 6 nitrogen and oxygen atoms in total. The molecule has 0 fully saturated rings. The van der Waals surface area contributed by atoms with Gasteiger partial charge in [-0.05, 0) is 43.7 Å². The first-order valence-electron chi connectivity index (χ1n) is 7.12. The largest absolute Gasteiger partial charge is 0.493 e. The molecule has 6 heteroatoms. The second-order valence-electron chi connectivity index (χ2n) is 5.12. The van der Waals surface area contributed by atoms with Crippen LogP contribution in [0.3, 0.4) is 0 Å². The molecule has 2 aromatic heterocycles. The molecular weight excluding hydrogens is 294 g/mol. The predicted molar refractivity (Wildman–Crippen MR) is 85.5 cm³/mol. The molecule has 23 heavy (non-hydrogen) atoms. The molecule has 0 bridgehead atoms. The van der Waals surface area contributed by atoms with Crippen LogP contribution in [0.2, 0.25) is 0 Å². The zero-order valence-electron chi connectivity index (χ0n) is 13.5. The molecule has 3 aromatic rings. The van der Waals surface area contributed by atoms with Crippen LogP contribution in [0, 0.1) is 13.8 Å². The molecule has 0 radical (unpaired) electrons. The van der Waals surface area contributed by atoms with Gasteiger partial charge in [0.1, 0.15) is 0 Å². The SMILES string of the molecule is COc1cc(C)cc(-c2cc(-c3nc(C)no3)ccn2)c1OC. The zero-order chi connectivity index (χ0) is 16.4. The average Bonchev–Trinajstić information content (AvgIpc) is 3.00. The number of hydrogen-bond acceptors (Lipinski definition) is 6. The molecule has 1 aromatic carbocycles. The topological polar surface area (TPSA) is 70.3 Å². The first-order chi connectivity index (χ1) is 11.1. The van der Waals surface area contributed by atoms with Gasteiger partial charge in [-0.25, -0.2) is 0 Å². The van der Waals surface area contributed by atoms with Crippen molar-refractivity contribution in [1.29, 1.82) is 0 Å². The Labute approximate surface area is 134 Å². The molecule has 0 N–H and O–H groups in total. The van der Waals surface area contributed by atoms with Crippen LogP contribution in [-0.2, 0) is 0 Å². The molecule has 3 rings (SSSR count). The van der Waals surface area contributed by atoms with Gasteiger partial charge >= 0.3 is 0 Å².